The summed E-state index contributed by atoms with van der Waals surface area (Å²) in [5.41, 5.74) is 0.762. The van der Waals surface area contributed by atoms with Crippen LogP contribution in [0.2, 0.25) is 0 Å². The highest BCUT2D eigenvalue weighted by molar-refractivity contribution is 5.86. The molecular formula is C18H20O2. The van der Waals surface area contributed by atoms with Crippen LogP contribution in [0.15, 0.2) is 60.7 Å². The van der Waals surface area contributed by atoms with E-state index < -0.39 is 11.4 Å². The lowest BCUT2D eigenvalue weighted by molar-refractivity contribution is -0.142. The van der Waals surface area contributed by atoms with Crippen molar-refractivity contribution in [2.24, 2.45) is 0 Å². The van der Waals surface area contributed by atoms with E-state index in [1.165, 1.54) is 0 Å². The van der Waals surface area contributed by atoms with Crippen molar-refractivity contribution in [1.29, 1.82) is 0 Å². The highest BCUT2D eigenvalue weighted by Gasteiger charge is 2.41. The van der Waals surface area contributed by atoms with Crippen molar-refractivity contribution in [3.05, 3.63) is 71.8 Å². The fourth-order valence-electron chi connectivity index (χ4n) is 2.70. The first-order valence-corrected chi connectivity index (χ1v) is 7.06. The first-order valence-electron chi connectivity index (χ1n) is 7.06. The minimum atomic E-state index is -0.946. The van der Waals surface area contributed by atoms with Gasteiger partial charge >= 0.3 is 5.97 Å². The molecule has 0 saturated heterocycles. The van der Waals surface area contributed by atoms with E-state index in [1.54, 1.807) is 0 Å². The zero-order valence-electron chi connectivity index (χ0n) is 11.8. The number of carboxylic acid groups (broad SMARTS) is 1. The first-order chi connectivity index (χ1) is 9.71. The molecule has 0 spiro atoms. The van der Waals surface area contributed by atoms with Gasteiger partial charge in [0.2, 0.25) is 0 Å². The van der Waals surface area contributed by atoms with Crippen LogP contribution >= 0.6 is 0 Å². The largest absolute Gasteiger partial charge is 0.480 e. The van der Waals surface area contributed by atoms with Gasteiger partial charge in [-0.1, -0.05) is 80.4 Å². The maximum Gasteiger partial charge on any atom is 0.318 e. The SMILES string of the molecule is CCCCC(C(=O)O)(c1ccccc1)c1ccccc1. The van der Waals surface area contributed by atoms with Crippen molar-refractivity contribution in [3.63, 3.8) is 0 Å². The van der Waals surface area contributed by atoms with E-state index in [0.29, 0.717) is 6.42 Å². The Morgan fingerprint density at radius 3 is 1.75 bits per heavy atom. The Balaban J connectivity index is 2.60. The van der Waals surface area contributed by atoms with Gasteiger partial charge in [-0.15, -0.1) is 0 Å². The Morgan fingerprint density at radius 2 is 1.40 bits per heavy atom. The quantitative estimate of drug-likeness (QED) is 0.850. The average Bonchev–Trinajstić information content (AvgIpc) is 2.50. The highest BCUT2D eigenvalue weighted by atomic mass is 16.4. The molecule has 0 aliphatic heterocycles. The number of carboxylic acids is 1. The van der Waals surface area contributed by atoms with Gasteiger partial charge in [0.25, 0.3) is 0 Å². The molecule has 0 atom stereocenters. The summed E-state index contributed by atoms with van der Waals surface area (Å²) in [6.07, 6.45) is 2.48. The lowest BCUT2D eigenvalue weighted by atomic mass is 9.71. The van der Waals surface area contributed by atoms with Crippen molar-refractivity contribution in [2.75, 3.05) is 0 Å². The minimum Gasteiger partial charge on any atom is -0.480 e. The molecule has 0 amide bonds. The van der Waals surface area contributed by atoms with E-state index >= 15 is 0 Å². The number of rotatable bonds is 6. The number of unbranched alkanes of at least 4 members (excludes halogenated alkanes) is 1. The smallest absolute Gasteiger partial charge is 0.318 e. The molecule has 2 heteroatoms. The topological polar surface area (TPSA) is 37.3 Å². The van der Waals surface area contributed by atoms with Gasteiger partial charge in [-0.25, -0.2) is 0 Å². The predicted octanol–water partition coefficient (Wildman–Crippen LogP) is 4.25. The Bertz CT molecular complexity index is 507. The van der Waals surface area contributed by atoms with Crippen molar-refractivity contribution < 1.29 is 9.90 Å². The first kappa shape index (κ1) is 14.3. The molecule has 2 rings (SSSR count). The van der Waals surface area contributed by atoms with Crippen LogP contribution < -0.4 is 0 Å². The molecule has 1 N–H and O–H groups in total. The van der Waals surface area contributed by atoms with Gasteiger partial charge in [0.1, 0.15) is 5.41 Å². The zero-order chi connectivity index (χ0) is 14.4. The second-order valence-electron chi connectivity index (χ2n) is 5.05. The third-order valence-electron chi connectivity index (χ3n) is 3.80. The van der Waals surface area contributed by atoms with Crippen molar-refractivity contribution in [1.82, 2.24) is 0 Å². The van der Waals surface area contributed by atoms with Crippen LogP contribution in [0, 0.1) is 0 Å². The standard InChI is InChI=1S/C18H20O2/c1-2-3-14-18(17(19)20,15-10-6-4-7-11-15)16-12-8-5-9-13-16/h4-13H,2-3,14H2,1H3,(H,19,20). The summed E-state index contributed by atoms with van der Waals surface area (Å²) in [7, 11) is 0. The van der Waals surface area contributed by atoms with Gasteiger partial charge < -0.3 is 5.11 Å². The number of hydrogen-bond acceptors (Lipinski definition) is 1. The Hall–Kier alpha value is -2.09. The van der Waals surface area contributed by atoms with E-state index in [4.69, 9.17) is 0 Å². The average molecular weight is 268 g/mol. The van der Waals surface area contributed by atoms with E-state index in [0.717, 1.165) is 24.0 Å². The molecule has 20 heavy (non-hydrogen) atoms. The molecule has 0 unspecified atom stereocenters. The highest BCUT2D eigenvalue weighted by Crippen LogP contribution is 2.37. The number of hydrogen-bond donors (Lipinski definition) is 1. The molecule has 0 saturated carbocycles. The van der Waals surface area contributed by atoms with E-state index in [2.05, 4.69) is 6.92 Å². The molecule has 2 nitrogen and oxygen atoms in total. The van der Waals surface area contributed by atoms with Crippen LogP contribution in [0.3, 0.4) is 0 Å². The molecule has 2 aromatic rings. The van der Waals surface area contributed by atoms with E-state index in [9.17, 15) is 9.90 Å². The van der Waals surface area contributed by atoms with Crippen LogP contribution in [0.5, 0.6) is 0 Å². The maximum absolute atomic E-state index is 12.1. The zero-order valence-corrected chi connectivity index (χ0v) is 11.8. The molecule has 0 aliphatic rings. The third kappa shape index (κ3) is 2.60. The normalized spacial score (nSPS) is 11.2. The fourth-order valence-corrected chi connectivity index (χ4v) is 2.70. The summed E-state index contributed by atoms with van der Waals surface area (Å²) in [5.74, 6) is -0.775. The van der Waals surface area contributed by atoms with Crippen LogP contribution in [-0.2, 0) is 10.2 Å². The molecule has 104 valence electrons. The van der Waals surface area contributed by atoms with Gasteiger partial charge in [0.15, 0.2) is 0 Å². The van der Waals surface area contributed by atoms with Gasteiger partial charge in [-0.05, 0) is 17.5 Å². The van der Waals surface area contributed by atoms with E-state index in [1.807, 2.05) is 60.7 Å². The van der Waals surface area contributed by atoms with Gasteiger partial charge in [-0.2, -0.15) is 0 Å². The summed E-state index contributed by atoms with van der Waals surface area (Å²) in [6.45, 7) is 2.09. The summed E-state index contributed by atoms with van der Waals surface area (Å²) < 4.78 is 0. The van der Waals surface area contributed by atoms with Crippen LogP contribution in [0.1, 0.15) is 37.3 Å². The fraction of sp³-hybridized carbons (Fsp3) is 0.278. The molecular weight excluding hydrogens is 248 g/mol. The monoisotopic (exact) mass is 268 g/mol. The van der Waals surface area contributed by atoms with Crippen molar-refractivity contribution >= 4 is 5.97 Å². The number of benzene rings is 2. The van der Waals surface area contributed by atoms with Gasteiger partial charge in [0, 0.05) is 0 Å². The Labute approximate surface area is 120 Å². The summed E-state index contributed by atoms with van der Waals surface area (Å²) in [5, 5.41) is 9.96. The predicted molar refractivity (Wildman–Crippen MR) is 80.8 cm³/mol. The summed E-state index contributed by atoms with van der Waals surface area (Å²) in [6, 6.07) is 19.1. The molecule has 0 radical (unpaired) electrons. The molecule has 0 aromatic heterocycles. The van der Waals surface area contributed by atoms with Crippen LogP contribution in [0.4, 0.5) is 0 Å². The van der Waals surface area contributed by atoms with Crippen LogP contribution in [-0.4, -0.2) is 11.1 Å². The second-order valence-corrected chi connectivity index (χ2v) is 5.05. The molecule has 0 fully saturated rings. The molecule has 2 aromatic carbocycles. The molecule has 0 aliphatic carbocycles. The van der Waals surface area contributed by atoms with Gasteiger partial charge in [0.05, 0.1) is 0 Å². The molecule has 0 heterocycles. The maximum atomic E-state index is 12.1. The van der Waals surface area contributed by atoms with Crippen LogP contribution in [0.25, 0.3) is 0 Å². The Morgan fingerprint density at radius 1 is 0.950 bits per heavy atom. The van der Waals surface area contributed by atoms with Crippen molar-refractivity contribution in [3.8, 4) is 0 Å². The minimum absolute atomic E-state index is 0.618. The Kier molecular flexibility index (Phi) is 4.57. The molecule has 0 bridgehead atoms. The van der Waals surface area contributed by atoms with E-state index in [-0.39, 0.29) is 0 Å². The lowest BCUT2D eigenvalue weighted by Crippen LogP contribution is -2.37. The number of carbonyl (C=O) groups is 1. The summed E-state index contributed by atoms with van der Waals surface area (Å²) >= 11 is 0. The lowest BCUT2D eigenvalue weighted by Gasteiger charge is -2.30. The summed E-state index contributed by atoms with van der Waals surface area (Å²) in [4.78, 5) is 12.1. The van der Waals surface area contributed by atoms with Gasteiger partial charge in [-0.3, -0.25) is 4.79 Å². The number of aliphatic carboxylic acids is 1. The van der Waals surface area contributed by atoms with Crippen molar-refractivity contribution in [2.45, 2.75) is 31.6 Å². The second kappa shape index (κ2) is 6.38. The third-order valence-corrected chi connectivity index (χ3v) is 3.80.